The molecule has 23 heavy (non-hydrogen) atoms. The summed E-state index contributed by atoms with van der Waals surface area (Å²) in [5.74, 6) is 1.76. The van der Waals surface area contributed by atoms with Crippen molar-refractivity contribution in [2.24, 2.45) is 28.1 Å². The van der Waals surface area contributed by atoms with E-state index in [4.69, 9.17) is 4.74 Å². The molecule has 0 aromatic rings. The highest BCUT2D eigenvalue weighted by atomic mass is 16.5. The monoisotopic (exact) mass is 317 g/mol. The van der Waals surface area contributed by atoms with Crippen molar-refractivity contribution in [2.45, 2.75) is 77.3 Å². The van der Waals surface area contributed by atoms with Crippen LogP contribution >= 0.6 is 0 Å². The maximum absolute atomic E-state index is 13.7. The molecule has 4 unspecified atom stereocenters. The van der Waals surface area contributed by atoms with Gasteiger partial charge >= 0.3 is 0 Å². The molecule has 4 aliphatic carbocycles. The molecular formula is C20H31NO2. The maximum Gasteiger partial charge on any atom is 0.142 e. The second-order valence-corrected chi connectivity index (χ2v) is 10.5. The maximum atomic E-state index is 13.7. The number of piperidine rings is 1. The van der Waals surface area contributed by atoms with Crippen molar-refractivity contribution < 1.29 is 9.53 Å². The normalized spacial score (nSPS) is 57.5. The first kappa shape index (κ1) is 14.9. The predicted molar refractivity (Wildman–Crippen MR) is 89.1 cm³/mol. The van der Waals surface area contributed by atoms with E-state index in [2.05, 4.69) is 19.2 Å². The quantitative estimate of drug-likeness (QED) is 0.849. The first-order valence-corrected chi connectivity index (χ1v) is 9.75. The summed E-state index contributed by atoms with van der Waals surface area (Å²) in [5.41, 5.74) is 0.908. The van der Waals surface area contributed by atoms with Gasteiger partial charge in [0.25, 0.3) is 0 Å². The molecule has 0 spiro atoms. The molecule has 0 aromatic carbocycles. The highest BCUT2D eigenvalue weighted by molar-refractivity contribution is 5.88. The van der Waals surface area contributed by atoms with Gasteiger partial charge in [-0.1, -0.05) is 13.8 Å². The van der Waals surface area contributed by atoms with Crippen molar-refractivity contribution >= 4 is 5.78 Å². The molecule has 6 fully saturated rings. The second-order valence-electron chi connectivity index (χ2n) is 10.5. The van der Waals surface area contributed by atoms with Crippen LogP contribution in [0, 0.1) is 28.1 Å². The second kappa shape index (κ2) is 4.60. The molecule has 0 radical (unpaired) electrons. The van der Waals surface area contributed by atoms with E-state index in [9.17, 15) is 4.79 Å². The molecule has 2 aliphatic heterocycles. The van der Waals surface area contributed by atoms with E-state index < -0.39 is 0 Å². The fraction of sp³-hybridized carbons (Fsp3) is 0.950. The average Bonchev–Trinajstić information content (AvgIpc) is 2.42. The Labute approximate surface area is 139 Å². The molecular weight excluding hydrogens is 286 g/mol. The molecule has 2 saturated heterocycles. The van der Waals surface area contributed by atoms with Crippen LogP contribution in [0.25, 0.3) is 0 Å². The third-order valence-corrected chi connectivity index (χ3v) is 7.77. The number of nitrogens with one attached hydrogen (secondary N) is 1. The number of hydrogen-bond donors (Lipinski definition) is 1. The van der Waals surface area contributed by atoms with E-state index in [1.807, 2.05) is 0 Å². The lowest BCUT2D eigenvalue weighted by molar-refractivity contribution is -0.173. The third kappa shape index (κ3) is 2.26. The number of morpholine rings is 1. The fourth-order valence-corrected chi connectivity index (χ4v) is 8.21. The van der Waals surface area contributed by atoms with Crippen molar-refractivity contribution in [1.82, 2.24) is 5.32 Å². The lowest BCUT2D eigenvalue weighted by Gasteiger charge is -2.65. The van der Waals surface area contributed by atoms with E-state index in [1.165, 1.54) is 38.5 Å². The number of fused-ring (bicyclic) bond motifs is 2. The van der Waals surface area contributed by atoms with Crippen LogP contribution in [-0.4, -0.2) is 31.1 Å². The highest BCUT2D eigenvalue weighted by Gasteiger charge is 2.63. The van der Waals surface area contributed by atoms with Crippen LogP contribution in [0.5, 0.6) is 0 Å². The molecule has 128 valence electrons. The minimum Gasteiger partial charge on any atom is -0.378 e. The summed E-state index contributed by atoms with van der Waals surface area (Å²) in [5, 5.41) is 3.65. The topological polar surface area (TPSA) is 38.3 Å². The summed E-state index contributed by atoms with van der Waals surface area (Å²) in [7, 11) is 0. The lowest BCUT2D eigenvalue weighted by atomic mass is 9.39. The number of carbonyl (C=O) groups is 1. The van der Waals surface area contributed by atoms with E-state index in [-0.39, 0.29) is 5.41 Å². The Kier molecular flexibility index (Phi) is 2.98. The van der Waals surface area contributed by atoms with Gasteiger partial charge in [0.05, 0.1) is 13.2 Å². The first-order valence-electron chi connectivity index (χ1n) is 9.75. The van der Waals surface area contributed by atoms with Gasteiger partial charge in [0.2, 0.25) is 0 Å². The Bertz CT molecular complexity index is 514. The summed E-state index contributed by atoms with van der Waals surface area (Å²) in [4.78, 5) is 13.7. The van der Waals surface area contributed by atoms with Crippen molar-refractivity contribution in [3.05, 3.63) is 0 Å². The molecule has 0 amide bonds. The molecule has 6 rings (SSSR count). The summed E-state index contributed by atoms with van der Waals surface area (Å²) in [6.07, 6.45) is 9.70. The van der Waals surface area contributed by atoms with E-state index >= 15 is 0 Å². The molecule has 4 saturated carbocycles. The fourth-order valence-electron chi connectivity index (χ4n) is 8.21. The highest BCUT2D eigenvalue weighted by Crippen LogP contribution is 2.70. The summed E-state index contributed by atoms with van der Waals surface area (Å²) in [6, 6.07) is 0.827. The summed E-state index contributed by atoms with van der Waals surface area (Å²) in [6.45, 7) is 6.54. The van der Waals surface area contributed by atoms with Gasteiger partial charge in [-0.3, -0.25) is 4.79 Å². The summed E-state index contributed by atoms with van der Waals surface area (Å²) >= 11 is 0. The Balaban J connectivity index is 1.43. The third-order valence-electron chi connectivity index (χ3n) is 7.77. The SMILES string of the molecule is CC12CC3CC(C)(C1)CC(C(=O)C1CC4COCC(C1)N4)(C3)C2. The molecule has 4 atom stereocenters. The predicted octanol–water partition coefficient (Wildman–Crippen LogP) is 3.32. The van der Waals surface area contributed by atoms with Crippen molar-refractivity contribution in [3.63, 3.8) is 0 Å². The van der Waals surface area contributed by atoms with Crippen molar-refractivity contribution in [1.29, 1.82) is 0 Å². The zero-order valence-corrected chi connectivity index (χ0v) is 14.7. The van der Waals surface area contributed by atoms with Gasteiger partial charge in [-0.2, -0.15) is 0 Å². The van der Waals surface area contributed by atoms with E-state index in [0.717, 1.165) is 32.0 Å². The summed E-state index contributed by atoms with van der Waals surface area (Å²) < 4.78 is 5.67. The molecule has 3 nitrogen and oxygen atoms in total. The molecule has 2 heterocycles. The largest absolute Gasteiger partial charge is 0.378 e. The van der Waals surface area contributed by atoms with Gasteiger partial charge in [-0.25, -0.2) is 0 Å². The van der Waals surface area contributed by atoms with Crippen LogP contribution in [0.1, 0.15) is 65.2 Å². The van der Waals surface area contributed by atoms with E-state index in [0.29, 0.717) is 34.6 Å². The van der Waals surface area contributed by atoms with Crippen LogP contribution in [0.2, 0.25) is 0 Å². The number of ketones is 1. The van der Waals surface area contributed by atoms with Gasteiger partial charge in [-0.05, 0) is 68.1 Å². The number of hydrogen-bond acceptors (Lipinski definition) is 3. The van der Waals surface area contributed by atoms with Gasteiger partial charge in [-0.15, -0.1) is 0 Å². The Morgan fingerprint density at radius 3 is 2.13 bits per heavy atom. The van der Waals surface area contributed by atoms with Crippen LogP contribution < -0.4 is 5.32 Å². The first-order chi connectivity index (χ1) is 10.9. The minimum absolute atomic E-state index is 0.0279. The van der Waals surface area contributed by atoms with Crippen LogP contribution in [0.15, 0.2) is 0 Å². The Morgan fingerprint density at radius 2 is 1.57 bits per heavy atom. The standard InChI is InChI=1S/C20H31NO2/c1-18-5-13-6-19(2,10-18)12-20(7-13,11-18)17(22)14-3-15-8-23-9-16(4-14)21-15/h13-16,21H,3-12H2,1-2H3. The van der Waals surface area contributed by atoms with Gasteiger partial charge < -0.3 is 10.1 Å². The number of carbonyl (C=O) groups excluding carboxylic acids is 1. The molecule has 1 N–H and O–H groups in total. The minimum atomic E-state index is 0.0279. The number of rotatable bonds is 2. The molecule has 3 heteroatoms. The van der Waals surface area contributed by atoms with Gasteiger partial charge in [0.15, 0.2) is 0 Å². The Hall–Kier alpha value is -0.410. The Morgan fingerprint density at radius 1 is 0.957 bits per heavy atom. The van der Waals surface area contributed by atoms with Crippen LogP contribution in [-0.2, 0) is 9.53 Å². The lowest BCUT2D eigenvalue weighted by Crippen LogP contribution is -2.61. The molecule has 6 aliphatic rings. The van der Waals surface area contributed by atoms with Crippen LogP contribution in [0.3, 0.4) is 0 Å². The van der Waals surface area contributed by atoms with Gasteiger partial charge in [0, 0.05) is 23.4 Å². The van der Waals surface area contributed by atoms with Crippen molar-refractivity contribution in [2.75, 3.05) is 13.2 Å². The average molecular weight is 317 g/mol. The van der Waals surface area contributed by atoms with E-state index in [1.54, 1.807) is 0 Å². The van der Waals surface area contributed by atoms with Crippen LogP contribution in [0.4, 0.5) is 0 Å². The zero-order chi connectivity index (χ0) is 15.9. The van der Waals surface area contributed by atoms with Crippen molar-refractivity contribution in [3.8, 4) is 0 Å². The molecule has 0 aromatic heterocycles. The van der Waals surface area contributed by atoms with Gasteiger partial charge in [0.1, 0.15) is 5.78 Å². The number of ether oxygens (including phenoxy) is 1. The smallest absolute Gasteiger partial charge is 0.142 e. The molecule has 6 bridgehead atoms. The zero-order valence-electron chi connectivity index (χ0n) is 14.7. The number of Topliss-reactive ketones (excluding diaryl/α,β-unsaturated/α-hetero) is 1.